The monoisotopic (exact) mass is 275 g/mol. The van der Waals surface area contributed by atoms with Gasteiger partial charge in [0.15, 0.2) is 0 Å². The Balaban J connectivity index is 2.07. The van der Waals surface area contributed by atoms with Gasteiger partial charge in [-0.1, -0.05) is 36.9 Å². The first-order valence-electron chi connectivity index (χ1n) is 6.29. The second-order valence-corrected chi connectivity index (χ2v) is 5.21. The number of morpholine rings is 1. The molecule has 1 aromatic carbocycles. The number of benzene rings is 1. The molecule has 5 nitrogen and oxygen atoms in total. The molecule has 0 saturated carbocycles. The summed E-state index contributed by atoms with van der Waals surface area (Å²) in [7, 11) is 0. The van der Waals surface area contributed by atoms with E-state index in [0.717, 1.165) is 5.56 Å². The van der Waals surface area contributed by atoms with Crippen LogP contribution in [0.5, 0.6) is 0 Å². The second kappa shape index (κ2) is 5.36. The van der Waals surface area contributed by atoms with Crippen molar-refractivity contribution in [3.8, 4) is 0 Å². The minimum Gasteiger partial charge on any atom is -0.459 e. The number of carbonyl (C=O) groups excluding carboxylic acids is 2. The molecular formula is C15H17NO4. The van der Waals surface area contributed by atoms with Crippen LogP contribution in [-0.4, -0.2) is 29.1 Å². The topological polar surface area (TPSA) is 55.8 Å². The number of rotatable bonds is 2. The Morgan fingerprint density at radius 3 is 2.70 bits per heavy atom. The van der Waals surface area contributed by atoms with Crippen LogP contribution in [0.2, 0.25) is 0 Å². The van der Waals surface area contributed by atoms with Gasteiger partial charge in [-0.3, -0.25) is 4.90 Å². The van der Waals surface area contributed by atoms with E-state index in [1.165, 1.54) is 4.90 Å². The van der Waals surface area contributed by atoms with Crippen molar-refractivity contribution in [2.75, 3.05) is 6.61 Å². The Hall–Kier alpha value is -2.30. The van der Waals surface area contributed by atoms with Crippen LogP contribution < -0.4 is 0 Å². The quantitative estimate of drug-likeness (QED) is 0.614. The highest BCUT2D eigenvalue weighted by Crippen LogP contribution is 2.26. The largest absolute Gasteiger partial charge is 0.459 e. The van der Waals surface area contributed by atoms with Gasteiger partial charge in [0.25, 0.3) is 0 Å². The van der Waals surface area contributed by atoms with Crippen LogP contribution in [0.1, 0.15) is 19.4 Å². The summed E-state index contributed by atoms with van der Waals surface area (Å²) in [6, 6.07) is 9.33. The van der Waals surface area contributed by atoms with Crippen molar-refractivity contribution in [3.05, 3.63) is 48.2 Å². The summed E-state index contributed by atoms with van der Waals surface area (Å²) >= 11 is 0. The summed E-state index contributed by atoms with van der Waals surface area (Å²) in [5, 5.41) is 0. The van der Waals surface area contributed by atoms with E-state index in [4.69, 9.17) is 9.47 Å². The SMILES string of the molecule is C=C1C(=O)OCC(C)(C)N1C(=O)OCc1ccccc1. The molecule has 20 heavy (non-hydrogen) atoms. The maximum Gasteiger partial charge on any atom is 0.415 e. The summed E-state index contributed by atoms with van der Waals surface area (Å²) in [4.78, 5) is 24.9. The molecule has 1 heterocycles. The van der Waals surface area contributed by atoms with Gasteiger partial charge >= 0.3 is 12.1 Å². The molecule has 0 spiro atoms. The Bertz CT molecular complexity index is 536. The van der Waals surface area contributed by atoms with Gasteiger partial charge < -0.3 is 9.47 Å². The molecule has 1 fully saturated rings. The lowest BCUT2D eigenvalue weighted by atomic mass is 10.0. The third-order valence-corrected chi connectivity index (χ3v) is 3.06. The van der Waals surface area contributed by atoms with Gasteiger partial charge in [0.2, 0.25) is 0 Å². The average molecular weight is 275 g/mol. The number of esters is 1. The minimum absolute atomic E-state index is 0.000637. The number of carbonyl (C=O) groups is 2. The van der Waals surface area contributed by atoms with Gasteiger partial charge in [-0.2, -0.15) is 0 Å². The summed E-state index contributed by atoms with van der Waals surface area (Å²) < 4.78 is 10.2. The van der Waals surface area contributed by atoms with Crippen molar-refractivity contribution < 1.29 is 19.1 Å². The first kappa shape index (κ1) is 14.1. The van der Waals surface area contributed by atoms with Crippen LogP contribution in [0.25, 0.3) is 0 Å². The van der Waals surface area contributed by atoms with Crippen molar-refractivity contribution in [2.24, 2.45) is 0 Å². The van der Waals surface area contributed by atoms with E-state index in [-0.39, 0.29) is 18.9 Å². The van der Waals surface area contributed by atoms with Gasteiger partial charge in [0.1, 0.15) is 18.9 Å². The molecule has 0 N–H and O–H groups in total. The van der Waals surface area contributed by atoms with Crippen molar-refractivity contribution in [3.63, 3.8) is 0 Å². The average Bonchev–Trinajstić information content (AvgIpc) is 2.42. The number of amides is 1. The lowest BCUT2D eigenvalue weighted by Gasteiger charge is -2.40. The number of cyclic esters (lactones) is 1. The Morgan fingerprint density at radius 2 is 2.05 bits per heavy atom. The molecule has 1 aliphatic heterocycles. The molecule has 1 aromatic rings. The molecule has 1 aliphatic rings. The van der Waals surface area contributed by atoms with E-state index in [9.17, 15) is 9.59 Å². The smallest absolute Gasteiger partial charge is 0.415 e. The highest BCUT2D eigenvalue weighted by molar-refractivity contribution is 5.93. The maximum atomic E-state index is 12.2. The van der Waals surface area contributed by atoms with Crippen LogP contribution >= 0.6 is 0 Å². The normalized spacial score (nSPS) is 17.6. The van der Waals surface area contributed by atoms with E-state index >= 15 is 0 Å². The molecule has 0 unspecified atom stereocenters. The van der Waals surface area contributed by atoms with Crippen LogP contribution in [0.15, 0.2) is 42.6 Å². The molecule has 2 rings (SSSR count). The summed E-state index contributed by atoms with van der Waals surface area (Å²) in [5.74, 6) is -0.596. The van der Waals surface area contributed by atoms with Gasteiger partial charge in [0.05, 0.1) is 5.54 Å². The third-order valence-electron chi connectivity index (χ3n) is 3.06. The molecule has 0 aliphatic carbocycles. The number of nitrogens with zero attached hydrogens (tertiary/aromatic N) is 1. The van der Waals surface area contributed by atoms with Crippen molar-refractivity contribution in [2.45, 2.75) is 26.0 Å². The zero-order valence-electron chi connectivity index (χ0n) is 11.6. The van der Waals surface area contributed by atoms with Crippen molar-refractivity contribution in [1.82, 2.24) is 4.90 Å². The molecule has 1 amide bonds. The van der Waals surface area contributed by atoms with Crippen molar-refractivity contribution in [1.29, 1.82) is 0 Å². The molecule has 0 bridgehead atoms. The van der Waals surface area contributed by atoms with Crippen molar-refractivity contribution >= 4 is 12.1 Å². The van der Waals surface area contributed by atoms with E-state index in [1.807, 2.05) is 30.3 Å². The fourth-order valence-corrected chi connectivity index (χ4v) is 1.99. The first-order chi connectivity index (χ1) is 9.42. The highest BCUT2D eigenvalue weighted by Gasteiger charge is 2.42. The lowest BCUT2D eigenvalue weighted by molar-refractivity contribution is -0.151. The van der Waals surface area contributed by atoms with E-state index in [0.29, 0.717) is 0 Å². The second-order valence-electron chi connectivity index (χ2n) is 5.21. The number of hydrogen-bond donors (Lipinski definition) is 0. The number of hydrogen-bond acceptors (Lipinski definition) is 4. The lowest BCUT2D eigenvalue weighted by Crippen LogP contribution is -2.55. The Morgan fingerprint density at radius 1 is 1.40 bits per heavy atom. The third kappa shape index (κ3) is 2.82. The number of ether oxygens (including phenoxy) is 2. The molecule has 106 valence electrons. The molecule has 1 saturated heterocycles. The molecular weight excluding hydrogens is 258 g/mol. The Kier molecular flexibility index (Phi) is 3.79. The van der Waals surface area contributed by atoms with Crippen LogP contribution in [0, 0.1) is 0 Å². The van der Waals surface area contributed by atoms with Gasteiger partial charge in [-0.05, 0) is 19.4 Å². The summed E-state index contributed by atoms with van der Waals surface area (Å²) in [6.07, 6.45) is -0.597. The molecule has 0 radical (unpaired) electrons. The molecule has 5 heteroatoms. The van der Waals surface area contributed by atoms with Crippen LogP contribution in [-0.2, 0) is 20.9 Å². The van der Waals surface area contributed by atoms with Gasteiger partial charge in [-0.25, -0.2) is 9.59 Å². The van der Waals surface area contributed by atoms with Crippen LogP contribution in [0.4, 0.5) is 4.79 Å². The molecule has 0 aromatic heterocycles. The fourth-order valence-electron chi connectivity index (χ4n) is 1.99. The predicted molar refractivity (Wildman–Crippen MR) is 72.6 cm³/mol. The highest BCUT2D eigenvalue weighted by atomic mass is 16.6. The molecule has 0 atom stereocenters. The summed E-state index contributed by atoms with van der Waals surface area (Å²) in [5.41, 5.74) is 0.210. The fraction of sp³-hybridized carbons (Fsp3) is 0.333. The minimum atomic E-state index is -0.668. The van der Waals surface area contributed by atoms with Gasteiger partial charge in [-0.15, -0.1) is 0 Å². The first-order valence-corrected chi connectivity index (χ1v) is 6.29. The zero-order valence-corrected chi connectivity index (χ0v) is 11.6. The van der Waals surface area contributed by atoms with E-state index in [1.54, 1.807) is 13.8 Å². The predicted octanol–water partition coefficient (Wildman–Crippen LogP) is 2.47. The zero-order chi connectivity index (χ0) is 14.8. The van der Waals surface area contributed by atoms with Gasteiger partial charge in [0, 0.05) is 0 Å². The van der Waals surface area contributed by atoms with Crippen LogP contribution in [0.3, 0.4) is 0 Å². The Labute approximate surface area is 117 Å². The van der Waals surface area contributed by atoms with E-state index < -0.39 is 17.6 Å². The maximum absolute atomic E-state index is 12.2. The van der Waals surface area contributed by atoms with E-state index in [2.05, 4.69) is 6.58 Å². The summed E-state index contributed by atoms with van der Waals surface area (Å²) in [6.45, 7) is 7.43. The standard InChI is InChI=1S/C15H17NO4/c1-11-13(17)20-10-15(2,3)16(11)14(18)19-9-12-7-5-4-6-8-12/h4-8H,1,9-10H2,2-3H3.